The first-order valence-corrected chi connectivity index (χ1v) is 11.8. The Morgan fingerprint density at radius 2 is 1.70 bits per heavy atom. The number of halogens is 1. The fraction of sp³-hybridized carbons (Fsp3) is 0.0455. The van der Waals surface area contributed by atoms with E-state index in [-0.39, 0.29) is 5.75 Å². The van der Waals surface area contributed by atoms with Crippen LogP contribution in [-0.4, -0.2) is 23.3 Å². The van der Waals surface area contributed by atoms with Crippen LogP contribution in [0.5, 0.6) is 5.75 Å². The molecule has 0 amide bonds. The molecule has 11 heteroatoms. The molecule has 0 saturated carbocycles. The molecule has 1 aromatic heterocycles. The molecule has 0 bridgehead atoms. The Labute approximate surface area is 199 Å². The van der Waals surface area contributed by atoms with Crippen molar-refractivity contribution in [2.45, 2.75) is 6.54 Å². The zero-order valence-corrected chi connectivity index (χ0v) is 19.4. The summed E-state index contributed by atoms with van der Waals surface area (Å²) in [6.07, 6.45) is 3.19. The van der Waals surface area contributed by atoms with Crippen molar-refractivity contribution in [3.05, 3.63) is 95.0 Å². The number of anilines is 1. The van der Waals surface area contributed by atoms with E-state index in [0.717, 1.165) is 15.7 Å². The van der Waals surface area contributed by atoms with Crippen molar-refractivity contribution < 1.29 is 12.6 Å². The number of nitrogens with zero attached hydrogens (tertiary/aromatic N) is 5. The fourth-order valence-electron chi connectivity index (χ4n) is 3.24. The van der Waals surface area contributed by atoms with Gasteiger partial charge in [0.1, 0.15) is 18.4 Å². The molecule has 0 unspecified atom stereocenters. The molecule has 0 spiro atoms. The van der Waals surface area contributed by atoms with Gasteiger partial charge in [-0.25, -0.2) is 4.68 Å². The minimum atomic E-state index is -4.12. The van der Waals surface area contributed by atoms with Crippen LogP contribution in [0.4, 0.5) is 5.69 Å². The lowest BCUT2D eigenvalue weighted by atomic mass is 9.99. The minimum Gasteiger partial charge on any atom is -0.371 e. The van der Waals surface area contributed by atoms with Crippen molar-refractivity contribution in [2.24, 2.45) is 5.14 Å². The average molecular weight is 525 g/mol. The Balaban J connectivity index is 1.73. The first-order valence-electron chi connectivity index (χ1n) is 9.56. The highest BCUT2D eigenvalue weighted by molar-refractivity contribution is 9.10. The van der Waals surface area contributed by atoms with Gasteiger partial charge in [0.15, 0.2) is 0 Å². The van der Waals surface area contributed by atoms with E-state index >= 15 is 0 Å². The maximum Gasteiger partial charge on any atom is 0.380 e. The maximum absolute atomic E-state index is 11.1. The van der Waals surface area contributed by atoms with Gasteiger partial charge in [-0.15, -0.1) is 10.2 Å². The zero-order valence-electron chi connectivity index (χ0n) is 17.0. The summed E-state index contributed by atoms with van der Waals surface area (Å²) in [7, 11) is -4.12. The molecule has 0 aliphatic rings. The highest BCUT2D eigenvalue weighted by Gasteiger charge is 2.15. The van der Waals surface area contributed by atoms with Crippen LogP contribution >= 0.6 is 15.9 Å². The molecule has 1 heterocycles. The molecule has 0 aliphatic carbocycles. The van der Waals surface area contributed by atoms with Gasteiger partial charge in [-0.1, -0.05) is 40.2 Å². The molecular formula is C22H17BrN6O3S. The summed E-state index contributed by atoms with van der Waals surface area (Å²) in [6, 6.07) is 21.9. The van der Waals surface area contributed by atoms with Crippen molar-refractivity contribution in [3.8, 4) is 22.9 Å². The monoisotopic (exact) mass is 524 g/mol. The second-order valence-corrected chi connectivity index (χ2v) is 9.04. The molecular weight excluding hydrogens is 508 g/mol. The predicted molar refractivity (Wildman–Crippen MR) is 126 cm³/mol. The molecule has 33 heavy (non-hydrogen) atoms. The summed E-state index contributed by atoms with van der Waals surface area (Å²) in [5.74, 6) is 0.0808. The molecule has 2 N–H and O–H groups in total. The first-order chi connectivity index (χ1) is 15.8. The quantitative estimate of drug-likeness (QED) is 0.390. The highest BCUT2D eigenvalue weighted by atomic mass is 79.9. The van der Waals surface area contributed by atoms with E-state index < -0.39 is 10.3 Å². The van der Waals surface area contributed by atoms with Gasteiger partial charge in [0.2, 0.25) is 0 Å². The van der Waals surface area contributed by atoms with E-state index in [9.17, 15) is 13.7 Å². The third-order valence-electron chi connectivity index (χ3n) is 4.73. The SMILES string of the molecule is N#Cc1ccc(N(Cc2ccc(Br)cc2)n2cnnc2)cc1-c1ccc(OS(N)(=O)=O)cc1. The van der Waals surface area contributed by atoms with Crippen molar-refractivity contribution >= 4 is 31.9 Å². The van der Waals surface area contributed by atoms with E-state index in [2.05, 4.69) is 32.2 Å². The smallest absolute Gasteiger partial charge is 0.371 e. The van der Waals surface area contributed by atoms with E-state index in [1.165, 1.54) is 12.1 Å². The van der Waals surface area contributed by atoms with Crippen LogP contribution in [0.15, 0.2) is 83.9 Å². The van der Waals surface area contributed by atoms with Gasteiger partial charge in [0, 0.05) is 10.0 Å². The van der Waals surface area contributed by atoms with Crippen molar-refractivity contribution in [1.82, 2.24) is 14.9 Å². The predicted octanol–water partition coefficient (Wildman–Crippen LogP) is 3.63. The van der Waals surface area contributed by atoms with Crippen LogP contribution in [0.25, 0.3) is 11.1 Å². The van der Waals surface area contributed by atoms with Gasteiger partial charge in [0.25, 0.3) is 0 Å². The molecule has 9 nitrogen and oxygen atoms in total. The number of nitrogens with two attached hydrogens (primary N) is 1. The third kappa shape index (κ3) is 5.56. The van der Waals surface area contributed by atoms with Gasteiger partial charge < -0.3 is 4.18 Å². The lowest BCUT2D eigenvalue weighted by molar-refractivity contribution is 0.488. The van der Waals surface area contributed by atoms with E-state index in [1.807, 2.05) is 41.4 Å². The summed E-state index contributed by atoms with van der Waals surface area (Å²) >= 11 is 3.45. The summed E-state index contributed by atoms with van der Waals surface area (Å²) in [4.78, 5) is 0. The van der Waals surface area contributed by atoms with Crippen molar-refractivity contribution in [3.63, 3.8) is 0 Å². The Morgan fingerprint density at radius 1 is 1.03 bits per heavy atom. The van der Waals surface area contributed by atoms with Gasteiger partial charge in [-0.2, -0.15) is 18.8 Å². The Hall–Kier alpha value is -3.72. The molecule has 4 rings (SSSR count). The Bertz CT molecular complexity index is 1400. The van der Waals surface area contributed by atoms with Crippen LogP contribution in [-0.2, 0) is 16.8 Å². The average Bonchev–Trinajstić information content (AvgIpc) is 3.32. The lowest BCUT2D eigenvalue weighted by Gasteiger charge is -2.26. The van der Waals surface area contributed by atoms with Crippen molar-refractivity contribution in [1.29, 1.82) is 5.26 Å². The minimum absolute atomic E-state index is 0.0808. The number of aromatic nitrogens is 3. The fourth-order valence-corrected chi connectivity index (χ4v) is 3.89. The zero-order chi connectivity index (χ0) is 23.4. The molecule has 0 saturated heterocycles. The summed E-state index contributed by atoms with van der Waals surface area (Å²) < 4.78 is 29.7. The summed E-state index contributed by atoms with van der Waals surface area (Å²) in [5.41, 5.74) is 3.71. The second-order valence-electron chi connectivity index (χ2n) is 6.97. The lowest BCUT2D eigenvalue weighted by Crippen LogP contribution is -2.27. The molecule has 166 valence electrons. The second kappa shape index (κ2) is 9.41. The van der Waals surface area contributed by atoms with E-state index in [1.54, 1.807) is 35.5 Å². The number of benzene rings is 3. The van der Waals surface area contributed by atoms with E-state index in [0.29, 0.717) is 23.2 Å². The number of hydrogen-bond acceptors (Lipinski definition) is 7. The van der Waals surface area contributed by atoms with Gasteiger partial charge in [-0.05, 0) is 53.6 Å². The largest absolute Gasteiger partial charge is 0.380 e. The van der Waals surface area contributed by atoms with Crippen LogP contribution in [0.2, 0.25) is 0 Å². The Morgan fingerprint density at radius 3 is 2.30 bits per heavy atom. The van der Waals surface area contributed by atoms with Crippen LogP contribution in [0, 0.1) is 11.3 Å². The van der Waals surface area contributed by atoms with Crippen LogP contribution in [0.3, 0.4) is 0 Å². The molecule has 0 fully saturated rings. The highest BCUT2D eigenvalue weighted by Crippen LogP contribution is 2.31. The van der Waals surface area contributed by atoms with Crippen LogP contribution in [0.1, 0.15) is 11.1 Å². The molecule has 0 aliphatic heterocycles. The number of hydrogen-bond donors (Lipinski definition) is 1. The number of nitriles is 1. The summed E-state index contributed by atoms with van der Waals surface area (Å²) in [6.45, 7) is 0.526. The molecule has 0 atom stereocenters. The Kier molecular flexibility index (Phi) is 6.41. The molecule has 3 aromatic carbocycles. The first kappa shape index (κ1) is 22.5. The van der Waals surface area contributed by atoms with Gasteiger partial charge in [0.05, 0.1) is 23.9 Å². The normalized spacial score (nSPS) is 11.1. The molecule has 4 aromatic rings. The number of rotatable bonds is 7. The van der Waals surface area contributed by atoms with Gasteiger partial charge in [-0.3, -0.25) is 5.01 Å². The molecule has 0 radical (unpaired) electrons. The third-order valence-corrected chi connectivity index (χ3v) is 5.68. The van der Waals surface area contributed by atoms with E-state index in [4.69, 9.17) is 9.32 Å². The van der Waals surface area contributed by atoms with Crippen LogP contribution < -0.4 is 14.3 Å². The van der Waals surface area contributed by atoms with Crippen molar-refractivity contribution in [2.75, 3.05) is 5.01 Å². The standard InChI is InChI=1S/C22H17BrN6O3S/c23-19-6-1-16(2-7-19)13-29(28-14-26-27-15-28)20-8-3-18(12-24)22(11-20)17-4-9-21(10-5-17)32-33(25,30)31/h1-11,14-15H,13H2,(H2,25,30,31). The maximum atomic E-state index is 11.1. The topological polar surface area (TPSA) is 127 Å². The van der Waals surface area contributed by atoms with Gasteiger partial charge >= 0.3 is 10.3 Å². The summed E-state index contributed by atoms with van der Waals surface area (Å²) in [5, 5.41) is 24.4.